The van der Waals surface area contributed by atoms with Crippen molar-refractivity contribution in [3.63, 3.8) is 0 Å². The van der Waals surface area contributed by atoms with E-state index in [0.29, 0.717) is 0 Å². The predicted octanol–water partition coefficient (Wildman–Crippen LogP) is 4.25. The highest BCUT2D eigenvalue weighted by atomic mass is 16.5. The Labute approximate surface area is 111 Å². The molecule has 0 unspecified atom stereocenters. The van der Waals surface area contributed by atoms with Crippen molar-refractivity contribution in [3.05, 3.63) is 29.8 Å². The van der Waals surface area contributed by atoms with Crippen LogP contribution in [0.3, 0.4) is 0 Å². The number of aryl methyl sites for hydroxylation is 1. The molecule has 0 aliphatic heterocycles. The van der Waals surface area contributed by atoms with E-state index in [0.717, 1.165) is 18.1 Å². The van der Waals surface area contributed by atoms with Crippen LogP contribution >= 0.6 is 0 Å². The normalized spacial score (nSPS) is 10.9. The minimum absolute atomic E-state index is 0.183. The van der Waals surface area contributed by atoms with Gasteiger partial charge in [0.1, 0.15) is 19.0 Å². The molecule has 101 valence electrons. The van der Waals surface area contributed by atoms with Gasteiger partial charge in [-0.25, -0.2) is 5.11 Å². The fourth-order valence-corrected chi connectivity index (χ4v) is 1.97. The van der Waals surface area contributed by atoms with Crippen LogP contribution in [0.4, 0.5) is 0 Å². The maximum Gasteiger partial charge on any atom is 0.119 e. The Morgan fingerprint density at radius 3 is 2.39 bits per heavy atom. The van der Waals surface area contributed by atoms with E-state index < -0.39 is 0 Å². The highest BCUT2D eigenvalue weighted by molar-refractivity contribution is 5.27. The smallest absolute Gasteiger partial charge is 0.119 e. The second-order valence-corrected chi connectivity index (χ2v) is 5.19. The molecule has 1 aromatic rings. The summed E-state index contributed by atoms with van der Waals surface area (Å²) in [7, 11) is 0. The van der Waals surface area contributed by atoms with Gasteiger partial charge in [0.05, 0.1) is 0 Å². The number of hydrogen-bond donors (Lipinski definition) is 0. The van der Waals surface area contributed by atoms with E-state index in [4.69, 9.17) is 4.74 Å². The molecule has 18 heavy (non-hydrogen) atoms. The summed E-state index contributed by atoms with van der Waals surface area (Å²) in [6.07, 6.45) is 6.38. The lowest BCUT2D eigenvalue weighted by molar-refractivity contribution is 0.138. The SMILES string of the molecule is CC(C)CCCCCc1ccc(OCC[O])cc1. The molecule has 0 amide bonds. The third-order valence-electron chi connectivity index (χ3n) is 3.02. The maximum absolute atomic E-state index is 10.3. The molecule has 1 rings (SSSR count). The van der Waals surface area contributed by atoms with Crippen LogP contribution in [0.5, 0.6) is 5.75 Å². The Kier molecular flexibility index (Phi) is 7.51. The summed E-state index contributed by atoms with van der Waals surface area (Å²) in [5.41, 5.74) is 1.36. The van der Waals surface area contributed by atoms with Crippen LogP contribution in [0, 0.1) is 5.92 Å². The molecule has 0 heterocycles. The molecule has 0 spiro atoms. The first-order valence-electron chi connectivity index (χ1n) is 7.02. The Hall–Kier alpha value is -1.02. The van der Waals surface area contributed by atoms with Crippen LogP contribution in [0.25, 0.3) is 0 Å². The number of benzene rings is 1. The second-order valence-electron chi connectivity index (χ2n) is 5.19. The number of rotatable bonds is 9. The van der Waals surface area contributed by atoms with E-state index >= 15 is 0 Å². The predicted molar refractivity (Wildman–Crippen MR) is 74.5 cm³/mol. The van der Waals surface area contributed by atoms with Gasteiger partial charge in [0.2, 0.25) is 0 Å². The summed E-state index contributed by atoms with van der Waals surface area (Å²) in [6, 6.07) is 8.11. The van der Waals surface area contributed by atoms with E-state index in [1.54, 1.807) is 0 Å². The van der Waals surface area contributed by atoms with Gasteiger partial charge >= 0.3 is 0 Å². The highest BCUT2D eigenvalue weighted by Gasteiger charge is 1.98. The Morgan fingerprint density at radius 1 is 1.06 bits per heavy atom. The Bertz CT molecular complexity index is 303. The zero-order chi connectivity index (χ0) is 13.2. The molecule has 0 aliphatic carbocycles. The molecular formula is C16H25O2. The molecule has 0 atom stereocenters. The zero-order valence-corrected chi connectivity index (χ0v) is 11.7. The van der Waals surface area contributed by atoms with Crippen LogP contribution < -0.4 is 4.74 Å². The number of unbranched alkanes of at least 4 members (excludes halogenated alkanes) is 2. The molecular weight excluding hydrogens is 224 g/mol. The molecule has 0 saturated carbocycles. The summed E-state index contributed by atoms with van der Waals surface area (Å²) < 4.78 is 5.27. The van der Waals surface area contributed by atoms with Crippen LogP contribution in [-0.4, -0.2) is 13.2 Å². The Morgan fingerprint density at radius 2 is 1.78 bits per heavy atom. The molecule has 1 aromatic carbocycles. The number of ether oxygens (including phenoxy) is 1. The van der Waals surface area contributed by atoms with E-state index in [-0.39, 0.29) is 13.2 Å². The third-order valence-corrected chi connectivity index (χ3v) is 3.02. The van der Waals surface area contributed by atoms with Crippen LogP contribution in [0.2, 0.25) is 0 Å². The average molecular weight is 249 g/mol. The van der Waals surface area contributed by atoms with Crippen molar-refractivity contribution in [1.82, 2.24) is 0 Å². The maximum atomic E-state index is 10.3. The van der Waals surface area contributed by atoms with Gasteiger partial charge in [-0.1, -0.05) is 45.2 Å². The minimum atomic E-state index is -0.183. The lowest BCUT2D eigenvalue weighted by atomic mass is 10.0. The minimum Gasteiger partial charge on any atom is -0.491 e. The summed E-state index contributed by atoms with van der Waals surface area (Å²) in [5.74, 6) is 1.62. The standard InChI is InChI=1S/C16H25O2/c1-14(2)6-4-3-5-7-15-8-10-16(11-9-15)18-13-12-17/h8-11,14H,3-7,12-13H2,1-2H3. The van der Waals surface area contributed by atoms with Crippen molar-refractivity contribution in [2.45, 2.75) is 46.0 Å². The molecule has 0 fully saturated rings. The molecule has 0 saturated heterocycles. The van der Waals surface area contributed by atoms with Crippen LogP contribution in [0.1, 0.15) is 45.1 Å². The van der Waals surface area contributed by atoms with Gasteiger partial charge in [0, 0.05) is 0 Å². The quantitative estimate of drug-likeness (QED) is 0.601. The van der Waals surface area contributed by atoms with Gasteiger partial charge in [-0.15, -0.1) is 0 Å². The van der Waals surface area contributed by atoms with E-state index in [2.05, 4.69) is 26.0 Å². The van der Waals surface area contributed by atoms with Gasteiger partial charge in [-0.3, -0.25) is 0 Å². The zero-order valence-electron chi connectivity index (χ0n) is 11.7. The Balaban J connectivity index is 2.18. The second kappa shape index (κ2) is 8.98. The largest absolute Gasteiger partial charge is 0.491 e. The van der Waals surface area contributed by atoms with Crippen molar-refractivity contribution in [2.24, 2.45) is 5.92 Å². The molecule has 0 bridgehead atoms. The molecule has 0 aromatic heterocycles. The van der Waals surface area contributed by atoms with Crippen molar-refractivity contribution in [1.29, 1.82) is 0 Å². The van der Waals surface area contributed by atoms with Crippen molar-refractivity contribution < 1.29 is 9.84 Å². The van der Waals surface area contributed by atoms with Gasteiger partial charge < -0.3 is 4.74 Å². The van der Waals surface area contributed by atoms with Crippen LogP contribution in [-0.2, 0) is 11.5 Å². The van der Waals surface area contributed by atoms with Crippen molar-refractivity contribution >= 4 is 0 Å². The highest BCUT2D eigenvalue weighted by Crippen LogP contribution is 2.15. The third kappa shape index (κ3) is 6.65. The van der Waals surface area contributed by atoms with Gasteiger partial charge in [0.15, 0.2) is 0 Å². The van der Waals surface area contributed by atoms with E-state index in [1.165, 1.54) is 31.2 Å². The van der Waals surface area contributed by atoms with E-state index in [9.17, 15) is 5.11 Å². The fraction of sp³-hybridized carbons (Fsp3) is 0.625. The first-order chi connectivity index (χ1) is 8.72. The van der Waals surface area contributed by atoms with Crippen LogP contribution in [0.15, 0.2) is 24.3 Å². The van der Waals surface area contributed by atoms with Gasteiger partial charge in [-0.2, -0.15) is 0 Å². The first-order valence-corrected chi connectivity index (χ1v) is 7.02. The lowest BCUT2D eigenvalue weighted by Crippen LogP contribution is -2.00. The summed E-state index contributed by atoms with van der Waals surface area (Å²) in [6.45, 7) is 4.63. The summed E-state index contributed by atoms with van der Waals surface area (Å²) >= 11 is 0. The topological polar surface area (TPSA) is 29.1 Å². The van der Waals surface area contributed by atoms with Gasteiger partial charge in [0.25, 0.3) is 0 Å². The van der Waals surface area contributed by atoms with Crippen molar-refractivity contribution in [3.8, 4) is 5.75 Å². The van der Waals surface area contributed by atoms with Gasteiger partial charge in [-0.05, 0) is 36.5 Å². The molecule has 0 aliphatic rings. The first kappa shape index (κ1) is 15.0. The van der Waals surface area contributed by atoms with Crippen molar-refractivity contribution in [2.75, 3.05) is 13.2 Å². The molecule has 2 heteroatoms. The summed E-state index contributed by atoms with van der Waals surface area (Å²) in [5, 5.41) is 10.3. The lowest BCUT2D eigenvalue weighted by Gasteiger charge is -2.06. The molecule has 1 radical (unpaired) electrons. The molecule has 0 N–H and O–H groups in total. The summed E-state index contributed by atoms with van der Waals surface area (Å²) in [4.78, 5) is 0. The van der Waals surface area contributed by atoms with E-state index in [1.807, 2.05) is 12.1 Å². The monoisotopic (exact) mass is 249 g/mol. The molecule has 2 nitrogen and oxygen atoms in total. The number of hydrogen-bond acceptors (Lipinski definition) is 1. The fourth-order valence-electron chi connectivity index (χ4n) is 1.97. The average Bonchev–Trinajstić information content (AvgIpc) is 2.37.